The number of aliphatic hydroxyl groups is 12. The standard InChI is InChI=1S/C21H39O12.3C6H13O4.6Rf/c1-28-7-16(22)19(25)10-31-13-4-14(32-11-20(26)17(23)8-29-2)6-15(5-13)33-12-21(27)18(24)9-30-3;3*1-9-4-6(8)5-10-3-2-7;;;;;;/h13-27H,1-12H2;3*6-8H,1-5H2;;;;;;/q-3;3*-1;;;;;;. The largest absolute Gasteiger partial charge is 0.553 e. The van der Waals surface area contributed by atoms with Crippen molar-refractivity contribution in [3.05, 3.63) is 42.7 Å². The minimum absolute atomic E-state index is 0. The molecule has 24 nitrogen and oxygen atoms in total. The van der Waals surface area contributed by atoms with Gasteiger partial charge in [-0.1, -0.05) is 0 Å². The molecule has 0 bridgehead atoms. The van der Waals surface area contributed by atoms with Crippen LogP contribution in [0.1, 0.15) is 19.3 Å². The fourth-order valence-electron chi connectivity index (χ4n) is 4.71. The molecular formula is C39H78O24Rf6-6. The molecule has 12 N–H and O–H groups in total. The molecular weight excluding hydrogens is 2450 g/mol. The van der Waals surface area contributed by atoms with Crippen LogP contribution < -0.4 is 0 Å². The van der Waals surface area contributed by atoms with Crippen LogP contribution in [-0.4, -0.2) is 253 Å². The maximum Gasteiger partial charge on any atom is 0.105 e. The van der Waals surface area contributed by atoms with Crippen molar-refractivity contribution in [1.82, 2.24) is 0 Å². The molecule has 0 aliphatic heterocycles. The molecule has 30 heteroatoms. The number of aliphatic hydroxyl groups excluding tert-OH is 12. The summed E-state index contributed by atoms with van der Waals surface area (Å²) in [6, 6.07) is 0. The van der Waals surface area contributed by atoms with Gasteiger partial charge in [0.05, 0.1) is 116 Å². The van der Waals surface area contributed by atoms with Gasteiger partial charge < -0.3 is 118 Å². The first kappa shape index (κ1) is 82.2. The first-order valence-electron chi connectivity index (χ1n) is 19.9. The third-order valence-corrected chi connectivity index (χ3v) is 7.85. The van der Waals surface area contributed by atoms with Crippen molar-refractivity contribution in [3.8, 4) is 0 Å². The molecule has 1 fully saturated rings. The van der Waals surface area contributed by atoms with Crippen molar-refractivity contribution in [2.24, 2.45) is 0 Å². The van der Waals surface area contributed by atoms with Crippen molar-refractivity contribution in [2.45, 2.75) is 92.5 Å². The summed E-state index contributed by atoms with van der Waals surface area (Å²) in [5.74, 6) is 0. The van der Waals surface area contributed by atoms with E-state index in [1.807, 2.05) is 0 Å². The van der Waals surface area contributed by atoms with Crippen molar-refractivity contribution in [3.63, 3.8) is 0 Å². The molecule has 1 rings (SSSR count). The predicted molar refractivity (Wildman–Crippen MR) is 219 cm³/mol. The Morgan fingerprint density at radius 3 is 0.667 bits per heavy atom. The van der Waals surface area contributed by atoms with Crippen LogP contribution in [0.25, 0.3) is 0 Å². The van der Waals surface area contributed by atoms with E-state index in [1.54, 1.807) is 0 Å². The quantitative estimate of drug-likeness (QED) is 0.0208. The molecule has 1 saturated carbocycles. The van der Waals surface area contributed by atoms with Gasteiger partial charge in [0.1, 0.15) is 36.6 Å². The van der Waals surface area contributed by atoms with Gasteiger partial charge in [-0.3, -0.25) is 0 Å². The average molecular weight is 2530 g/mol. The van der Waals surface area contributed by atoms with Gasteiger partial charge in [-0.05, 0) is 19.3 Å². The molecule has 0 aromatic rings. The maximum atomic E-state index is 9.99. The fourth-order valence-corrected chi connectivity index (χ4v) is 4.71. The summed E-state index contributed by atoms with van der Waals surface area (Å²) in [6.45, 7) is 0.690. The monoisotopic (exact) mass is 2530 g/mol. The van der Waals surface area contributed by atoms with Gasteiger partial charge in [0.2, 0.25) is 0 Å². The molecule has 0 heterocycles. The second-order valence-corrected chi connectivity index (χ2v) is 13.6. The van der Waals surface area contributed by atoms with Crippen LogP contribution in [0.3, 0.4) is 0 Å². The van der Waals surface area contributed by atoms with Gasteiger partial charge in [0.15, 0.2) is 0 Å². The summed E-state index contributed by atoms with van der Waals surface area (Å²) in [6.07, 6.45) is -9.05. The molecule has 9 unspecified atom stereocenters. The van der Waals surface area contributed by atoms with E-state index in [9.17, 15) is 30.6 Å². The molecule has 0 aromatic carbocycles. The Morgan fingerprint density at radius 1 is 0.304 bits per heavy atom. The summed E-state index contributed by atoms with van der Waals surface area (Å²) in [7, 11) is 18.7. The van der Waals surface area contributed by atoms with Gasteiger partial charge in [0, 0.05) is 39.6 Å². The number of hydrogen-bond donors (Lipinski definition) is 12. The minimum atomic E-state index is -1.19. The minimum Gasteiger partial charge on any atom is -0.553 e. The van der Waals surface area contributed by atoms with E-state index in [4.69, 9.17) is 59.1 Å². The van der Waals surface area contributed by atoms with E-state index in [0.29, 0.717) is 19.3 Å². The summed E-state index contributed by atoms with van der Waals surface area (Å²) in [5, 5.41) is 111. The normalized spacial score (nSPS) is 18.8. The van der Waals surface area contributed by atoms with E-state index in [2.05, 4.69) is 71.1 Å². The van der Waals surface area contributed by atoms with Gasteiger partial charge in [-0.25, -0.2) is 42.7 Å². The van der Waals surface area contributed by atoms with Crippen LogP contribution in [0.4, 0.5) is 0 Å². The van der Waals surface area contributed by atoms with Crippen molar-refractivity contribution in [2.75, 3.05) is 119 Å². The van der Waals surface area contributed by atoms with Crippen molar-refractivity contribution >= 4 is 0 Å². The first-order valence-corrected chi connectivity index (χ1v) is 19.9. The molecule has 9 atom stereocenters. The molecule has 69 heavy (non-hydrogen) atoms. The van der Waals surface area contributed by atoms with Crippen LogP contribution in [-0.2, 0) is 56.8 Å². The zero-order chi connectivity index (χ0) is 48.3. The van der Waals surface area contributed by atoms with E-state index in [-0.39, 0.29) is 119 Å². The smallest absolute Gasteiger partial charge is 0.105 e. The van der Waals surface area contributed by atoms with Crippen molar-refractivity contribution < 1.29 is 118 Å². The SMILES string of the molecule is [CH2-]OCC(O)C(O)COC1CC(OCC(O)C(O)CO[CH2-])CC(OCC(O)C(O)CO[CH2-])C1.[CH2-]OCC(O)COCCO.[CH2-]OCC(O)COCCO.[CH2-]OCC(O)COCCO.[Rf].[Rf].[Rf].[Rf].[Rf].[Rf]. The molecule has 1 aliphatic carbocycles. The van der Waals surface area contributed by atoms with Gasteiger partial charge in [0.25, 0.3) is 0 Å². The second-order valence-electron chi connectivity index (χ2n) is 13.6. The summed E-state index contributed by atoms with van der Waals surface area (Å²) < 4.78 is 58.4. The Hall–Kier alpha value is -6.96. The van der Waals surface area contributed by atoms with E-state index < -0.39 is 73.2 Å². The van der Waals surface area contributed by atoms with Crippen LogP contribution in [0, 0.1) is 42.7 Å². The third-order valence-electron chi connectivity index (χ3n) is 7.85. The average Bonchev–Trinajstić information content (AvgIpc) is 3.25. The van der Waals surface area contributed by atoms with E-state index >= 15 is 0 Å². The molecule has 1 aliphatic rings. The van der Waals surface area contributed by atoms with Crippen LogP contribution in [0.5, 0.6) is 0 Å². The first-order chi connectivity index (χ1) is 30.1. The van der Waals surface area contributed by atoms with E-state index in [1.165, 1.54) is 0 Å². The van der Waals surface area contributed by atoms with Crippen LogP contribution in [0.2, 0.25) is 0 Å². The van der Waals surface area contributed by atoms with Gasteiger partial charge in [-0.2, -0.15) is 0 Å². The predicted octanol–water partition coefficient (Wildman–Crippen LogP) is -4.59. The molecule has 396 valence electrons. The van der Waals surface area contributed by atoms with Crippen LogP contribution >= 0.6 is 0 Å². The molecule has 0 spiro atoms. The third kappa shape index (κ3) is 50.3. The molecule has 0 aromatic heterocycles. The Kier molecular flexibility index (Phi) is 68.1. The summed E-state index contributed by atoms with van der Waals surface area (Å²) >= 11 is 0. The van der Waals surface area contributed by atoms with E-state index in [0.717, 1.165) is 0 Å². The zero-order valence-corrected chi connectivity index (χ0v) is 78.9. The van der Waals surface area contributed by atoms with Gasteiger partial charge in [-0.15, -0.1) is 0 Å². The Labute approximate surface area is 372 Å². The fraction of sp³-hybridized carbons (Fsp3) is 0.846. The molecule has 0 saturated heterocycles. The number of hydrogen-bond acceptors (Lipinski definition) is 24. The Bertz CT molecular complexity index is 817. The Morgan fingerprint density at radius 2 is 0.493 bits per heavy atom. The van der Waals surface area contributed by atoms with Crippen molar-refractivity contribution in [1.29, 1.82) is 0 Å². The Balaban J connectivity index is -0.000000118. The molecule has 0 radical (unpaired) electrons. The maximum absolute atomic E-state index is 9.99. The molecule has 0 amide bonds. The summed E-state index contributed by atoms with van der Waals surface area (Å²) in [4.78, 5) is 0. The van der Waals surface area contributed by atoms with Crippen LogP contribution in [0.15, 0.2) is 0 Å². The topological polar surface area (TPSA) is 354 Å². The van der Waals surface area contributed by atoms with Gasteiger partial charge >= 0.3 is 0 Å². The zero-order valence-electron chi connectivity index (χ0n) is 40.5. The summed E-state index contributed by atoms with van der Waals surface area (Å²) in [5.41, 5.74) is 0. The number of ether oxygens (including phenoxy) is 12. The second kappa shape index (κ2) is 57.2. The number of rotatable bonds is 36.